The van der Waals surface area contributed by atoms with E-state index in [9.17, 15) is 12.8 Å². The number of nitrogens with zero attached hydrogens (tertiary/aromatic N) is 1. The van der Waals surface area contributed by atoms with Gasteiger partial charge >= 0.3 is 0 Å². The summed E-state index contributed by atoms with van der Waals surface area (Å²) in [5.41, 5.74) is 0.995. The topological polar surface area (TPSA) is 37.4 Å². The third-order valence-electron chi connectivity index (χ3n) is 4.13. The summed E-state index contributed by atoms with van der Waals surface area (Å²) in [6.07, 6.45) is 1.73. The highest BCUT2D eigenvalue weighted by atomic mass is 32.2. The maximum Gasteiger partial charge on any atom is 0.155 e. The number of rotatable bonds is 4. The molecule has 0 N–H and O–H groups in total. The fourth-order valence-corrected chi connectivity index (χ4v) is 3.94. The lowest BCUT2D eigenvalue weighted by atomic mass is 10.0. The zero-order valence-electron chi connectivity index (χ0n) is 12.0. The molecule has 0 bridgehead atoms. The summed E-state index contributed by atoms with van der Waals surface area (Å²) >= 11 is 0. The lowest BCUT2D eigenvalue weighted by Gasteiger charge is -2.35. The van der Waals surface area contributed by atoms with Gasteiger partial charge in [-0.25, -0.2) is 12.8 Å². The predicted molar refractivity (Wildman–Crippen MR) is 79.0 cm³/mol. The van der Waals surface area contributed by atoms with Crippen molar-refractivity contribution < 1.29 is 12.8 Å². The normalized spacial score (nSPS) is 24.4. The molecular weight excluding hydrogens is 277 g/mol. The minimum absolute atomic E-state index is 0.201. The summed E-state index contributed by atoms with van der Waals surface area (Å²) in [5, 5.41) is -0.284. The van der Waals surface area contributed by atoms with Crippen molar-refractivity contribution in [3.05, 3.63) is 35.6 Å². The molecule has 1 saturated heterocycles. The van der Waals surface area contributed by atoms with Crippen LogP contribution in [0.3, 0.4) is 0 Å². The first kappa shape index (κ1) is 15.4. The van der Waals surface area contributed by atoms with Crippen LogP contribution in [0.15, 0.2) is 24.3 Å². The fourth-order valence-electron chi connectivity index (χ4n) is 2.63. The minimum atomic E-state index is -2.89. The fraction of sp³-hybridized carbons (Fsp3) is 0.600. The molecule has 1 aromatic rings. The van der Waals surface area contributed by atoms with E-state index in [2.05, 4.69) is 11.8 Å². The van der Waals surface area contributed by atoms with E-state index in [1.54, 1.807) is 19.1 Å². The van der Waals surface area contributed by atoms with Gasteiger partial charge in [-0.05, 0) is 44.4 Å². The Morgan fingerprint density at radius 3 is 2.85 bits per heavy atom. The van der Waals surface area contributed by atoms with E-state index in [1.165, 1.54) is 6.07 Å². The highest BCUT2D eigenvalue weighted by Crippen LogP contribution is 2.17. The summed E-state index contributed by atoms with van der Waals surface area (Å²) in [6.45, 7) is 5.11. The van der Waals surface area contributed by atoms with E-state index < -0.39 is 9.84 Å². The molecule has 5 heteroatoms. The van der Waals surface area contributed by atoms with Gasteiger partial charge in [0.25, 0.3) is 0 Å². The molecule has 1 aromatic carbocycles. The van der Waals surface area contributed by atoms with Crippen LogP contribution in [0.5, 0.6) is 0 Å². The molecule has 0 radical (unpaired) electrons. The number of benzene rings is 1. The molecular formula is C15H22FNO2S. The summed E-state index contributed by atoms with van der Waals surface area (Å²) in [5.74, 6) is 0.0474. The molecule has 1 aliphatic rings. The van der Waals surface area contributed by atoms with Crippen molar-refractivity contribution in [2.24, 2.45) is 0 Å². The lowest BCUT2D eigenvalue weighted by molar-refractivity contribution is 0.204. The molecule has 3 nitrogen and oxygen atoms in total. The first-order valence-electron chi connectivity index (χ1n) is 7.08. The Kier molecular flexibility index (Phi) is 4.81. The van der Waals surface area contributed by atoms with Crippen LogP contribution in [0.2, 0.25) is 0 Å². The molecule has 0 amide bonds. The molecule has 20 heavy (non-hydrogen) atoms. The molecule has 2 rings (SSSR count). The molecule has 1 heterocycles. The third-order valence-corrected chi connectivity index (χ3v) is 6.26. The number of hydrogen-bond acceptors (Lipinski definition) is 3. The van der Waals surface area contributed by atoms with E-state index in [-0.39, 0.29) is 16.8 Å². The van der Waals surface area contributed by atoms with Crippen LogP contribution in [0.25, 0.3) is 0 Å². The van der Waals surface area contributed by atoms with E-state index in [1.807, 2.05) is 6.07 Å². The average Bonchev–Trinajstić information content (AvgIpc) is 2.39. The van der Waals surface area contributed by atoms with Gasteiger partial charge in [-0.1, -0.05) is 12.1 Å². The first-order valence-corrected chi connectivity index (χ1v) is 8.80. The number of halogens is 1. The van der Waals surface area contributed by atoms with E-state index in [0.717, 1.165) is 18.4 Å². The van der Waals surface area contributed by atoms with Crippen LogP contribution in [0.1, 0.15) is 25.8 Å². The van der Waals surface area contributed by atoms with Crippen molar-refractivity contribution in [3.63, 3.8) is 0 Å². The highest BCUT2D eigenvalue weighted by molar-refractivity contribution is 7.92. The van der Waals surface area contributed by atoms with Crippen molar-refractivity contribution in [2.75, 3.05) is 18.8 Å². The molecule has 0 unspecified atom stereocenters. The molecule has 0 saturated carbocycles. The molecule has 0 aliphatic carbocycles. The van der Waals surface area contributed by atoms with Gasteiger partial charge < -0.3 is 0 Å². The summed E-state index contributed by atoms with van der Waals surface area (Å²) in [7, 11) is -2.89. The maximum atomic E-state index is 13.1. The van der Waals surface area contributed by atoms with Gasteiger partial charge in [-0.15, -0.1) is 0 Å². The first-order chi connectivity index (χ1) is 9.38. The SMILES string of the molecule is C[C@@H](CCc1cccc(F)c1)N1CCS(=O)(=O)[C@@H](C)C1. The second-order valence-corrected chi connectivity index (χ2v) is 8.23. The number of hydrogen-bond donors (Lipinski definition) is 0. The van der Waals surface area contributed by atoms with E-state index >= 15 is 0 Å². The van der Waals surface area contributed by atoms with Gasteiger partial charge in [0.2, 0.25) is 0 Å². The van der Waals surface area contributed by atoms with Crippen LogP contribution >= 0.6 is 0 Å². The van der Waals surface area contributed by atoms with Crippen molar-refractivity contribution >= 4 is 9.84 Å². The van der Waals surface area contributed by atoms with E-state index in [0.29, 0.717) is 19.1 Å². The van der Waals surface area contributed by atoms with Gasteiger partial charge in [-0.2, -0.15) is 0 Å². The number of sulfone groups is 1. The van der Waals surface area contributed by atoms with Gasteiger partial charge in [0.05, 0.1) is 11.0 Å². The molecule has 2 atom stereocenters. The Morgan fingerprint density at radius 2 is 2.20 bits per heavy atom. The van der Waals surface area contributed by atoms with Crippen molar-refractivity contribution in [1.82, 2.24) is 4.90 Å². The third kappa shape index (κ3) is 3.79. The molecule has 1 fully saturated rings. The number of aryl methyl sites for hydroxylation is 1. The van der Waals surface area contributed by atoms with E-state index in [4.69, 9.17) is 0 Å². The van der Waals surface area contributed by atoms with Crippen LogP contribution in [-0.2, 0) is 16.3 Å². The summed E-state index contributed by atoms with van der Waals surface area (Å²) < 4.78 is 36.5. The molecule has 0 spiro atoms. The Hall–Kier alpha value is -0.940. The van der Waals surface area contributed by atoms with Gasteiger partial charge in [0, 0.05) is 19.1 Å². The van der Waals surface area contributed by atoms with Crippen LogP contribution in [0, 0.1) is 5.82 Å². The Balaban J connectivity index is 1.88. The second-order valence-electron chi connectivity index (χ2n) is 5.69. The van der Waals surface area contributed by atoms with Crippen LogP contribution in [0.4, 0.5) is 4.39 Å². The average molecular weight is 299 g/mol. The second kappa shape index (κ2) is 6.22. The van der Waals surface area contributed by atoms with Crippen molar-refractivity contribution in [1.29, 1.82) is 0 Å². The Labute approximate surface area is 120 Å². The Bertz CT molecular complexity index is 559. The summed E-state index contributed by atoms with van der Waals surface area (Å²) in [4.78, 5) is 2.23. The molecule has 1 aliphatic heterocycles. The smallest absolute Gasteiger partial charge is 0.155 e. The van der Waals surface area contributed by atoms with Crippen LogP contribution in [-0.4, -0.2) is 43.5 Å². The minimum Gasteiger partial charge on any atom is -0.298 e. The lowest BCUT2D eigenvalue weighted by Crippen LogP contribution is -2.49. The highest BCUT2D eigenvalue weighted by Gasteiger charge is 2.31. The summed E-state index contributed by atoms with van der Waals surface area (Å²) in [6, 6.07) is 6.99. The zero-order valence-corrected chi connectivity index (χ0v) is 12.9. The van der Waals surface area contributed by atoms with Crippen molar-refractivity contribution in [3.8, 4) is 0 Å². The largest absolute Gasteiger partial charge is 0.298 e. The Morgan fingerprint density at radius 1 is 1.45 bits per heavy atom. The quantitative estimate of drug-likeness (QED) is 0.856. The van der Waals surface area contributed by atoms with Crippen LogP contribution < -0.4 is 0 Å². The molecule has 0 aromatic heterocycles. The maximum absolute atomic E-state index is 13.1. The van der Waals surface area contributed by atoms with Gasteiger partial charge in [0.1, 0.15) is 5.82 Å². The van der Waals surface area contributed by atoms with Gasteiger partial charge in [0.15, 0.2) is 9.84 Å². The standard InChI is InChI=1S/C15H22FNO2S/c1-12(6-7-14-4-3-5-15(16)10-14)17-8-9-20(18,19)13(2)11-17/h3-5,10,12-13H,6-9,11H2,1-2H3/t12-,13-/m0/s1. The zero-order chi connectivity index (χ0) is 14.8. The molecule has 112 valence electrons. The predicted octanol–water partition coefficient (Wildman–Crippen LogP) is 2.27. The van der Waals surface area contributed by atoms with Gasteiger partial charge in [-0.3, -0.25) is 4.90 Å². The monoisotopic (exact) mass is 299 g/mol. The van der Waals surface area contributed by atoms with Crippen molar-refractivity contribution in [2.45, 2.75) is 38.0 Å².